The minimum absolute atomic E-state index is 0.0258. The van der Waals surface area contributed by atoms with Gasteiger partial charge in [0.2, 0.25) is 5.91 Å². The molecule has 0 radical (unpaired) electrons. The van der Waals surface area contributed by atoms with Crippen LogP contribution < -0.4 is 14.8 Å². The molecule has 0 spiro atoms. The first-order chi connectivity index (χ1) is 15.0. The van der Waals surface area contributed by atoms with Crippen molar-refractivity contribution in [3.63, 3.8) is 0 Å². The molecule has 3 rings (SSSR count). The van der Waals surface area contributed by atoms with Gasteiger partial charge in [-0.1, -0.05) is 6.07 Å². The predicted molar refractivity (Wildman–Crippen MR) is 124 cm³/mol. The second-order valence-corrected chi connectivity index (χ2v) is 8.41. The fourth-order valence-electron chi connectivity index (χ4n) is 3.69. The number of carbonyl (C=O) groups excluding carboxylic acids is 2. The fraction of sp³-hybridized carbons (Fsp3) is 0.417. The number of rotatable bonds is 8. The van der Waals surface area contributed by atoms with Crippen LogP contribution in [0.5, 0.6) is 11.5 Å². The average Bonchev–Trinajstić information content (AvgIpc) is 2.78. The highest BCUT2D eigenvalue weighted by Crippen LogP contribution is 2.26. The van der Waals surface area contributed by atoms with E-state index in [4.69, 9.17) is 9.47 Å². The fourth-order valence-corrected chi connectivity index (χ4v) is 4.28. The second-order valence-electron chi connectivity index (χ2n) is 7.56. The average molecular weight is 489 g/mol. The number of nitrogens with one attached hydrogen (secondary N) is 1. The predicted octanol–water partition coefficient (Wildman–Crippen LogP) is 4.21. The van der Waals surface area contributed by atoms with Gasteiger partial charge in [-0.3, -0.25) is 9.59 Å². The summed E-state index contributed by atoms with van der Waals surface area (Å²) in [6.45, 7) is 3.81. The third-order valence-corrected chi connectivity index (χ3v) is 6.04. The van der Waals surface area contributed by atoms with Crippen LogP contribution in [0.3, 0.4) is 0 Å². The minimum atomic E-state index is 0.0258. The normalized spacial score (nSPS) is 14.2. The summed E-state index contributed by atoms with van der Waals surface area (Å²) in [5.74, 6) is 1.61. The van der Waals surface area contributed by atoms with E-state index in [1.54, 1.807) is 19.2 Å². The summed E-state index contributed by atoms with van der Waals surface area (Å²) in [7, 11) is 1.63. The Morgan fingerprint density at radius 2 is 1.84 bits per heavy atom. The highest BCUT2D eigenvalue weighted by atomic mass is 79.9. The lowest BCUT2D eigenvalue weighted by molar-refractivity contribution is -0.122. The van der Waals surface area contributed by atoms with E-state index in [1.807, 2.05) is 42.2 Å². The molecule has 1 aliphatic rings. The molecule has 2 amide bonds. The Morgan fingerprint density at radius 1 is 1.13 bits per heavy atom. The van der Waals surface area contributed by atoms with Gasteiger partial charge in [0.15, 0.2) is 0 Å². The van der Waals surface area contributed by atoms with E-state index in [0.29, 0.717) is 38.1 Å². The molecule has 0 atom stereocenters. The molecule has 1 heterocycles. The summed E-state index contributed by atoms with van der Waals surface area (Å²) in [6.07, 6.45) is 2.64. The molecular weight excluding hydrogens is 460 g/mol. The van der Waals surface area contributed by atoms with Crippen LogP contribution in [0.15, 0.2) is 46.9 Å². The molecule has 2 aromatic carbocycles. The smallest absolute Gasteiger partial charge is 0.253 e. The molecule has 1 N–H and O–H groups in total. The van der Waals surface area contributed by atoms with Gasteiger partial charge in [0.05, 0.1) is 18.2 Å². The van der Waals surface area contributed by atoms with Crippen LogP contribution in [0.1, 0.15) is 42.1 Å². The number of nitrogens with zero attached hydrogens (tertiary/aromatic N) is 1. The van der Waals surface area contributed by atoms with Crippen molar-refractivity contribution in [1.29, 1.82) is 0 Å². The van der Waals surface area contributed by atoms with Gasteiger partial charge >= 0.3 is 0 Å². The van der Waals surface area contributed by atoms with Crippen LogP contribution in [-0.2, 0) is 11.2 Å². The van der Waals surface area contributed by atoms with Gasteiger partial charge in [0, 0.05) is 31.1 Å². The van der Waals surface area contributed by atoms with Crippen LogP contribution in [0, 0.1) is 0 Å². The van der Waals surface area contributed by atoms with Crippen molar-refractivity contribution < 1.29 is 19.1 Å². The molecule has 166 valence electrons. The third kappa shape index (κ3) is 6.47. The Kier molecular flexibility index (Phi) is 8.35. The van der Waals surface area contributed by atoms with E-state index in [0.717, 1.165) is 34.4 Å². The molecule has 2 aromatic rings. The van der Waals surface area contributed by atoms with E-state index >= 15 is 0 Å². The quantitative estimate of drug-likeness (QED) is 0.604. The van der Waals surface area contributed by atoms with Crippen LogP contribution in [0.2, 0.25) is 0 Å². The Balaban J connectivity index is 1.42. The van der Waals surface area contributed by atoms with Gasteiger partial charge in [-0.25, -0.2) is 0 Å². The maximum absolute atomic E-state index is 12.7. The standard InChI is InChI=1S/C24H29BrN2O4/c1-3-31-20-8-6-18(7-9-20)24(29)27-14-12-19(13-15-27)26-23(28)11-5-17-4-10-22(30-2)21(25)16-17/h4,6-10,16,19H,3,5,11-15H2,1-2H3,(H,26,28). The molecule has 1 fully saturated rings. The molecule has 7 heteroatoms. The maximum atomic E-state index is 12.7. The van der Waals surface area contributed by atoms with Gasteiger partial charge in [0.25, 0.3) is 5.91 Å². The first-order valence-corrected chi connectivity index (χ1v) is 11.4. The highest BCUT2D eigenvalue weighted by molar-refractivity contribution is 9.10. The maximum Gasteiger partial charge on any atom is 0.253 e. The lowest BCUT2D eigenvalue weighted by Crippen LogP contribution is -2.46. The monoisotopic (exact) mass is 488 g/mol. The molecule has 31 heavy (non-hydrogen) atoms. The Morgan fingerprint density at radius 3 is 2.45 bits per heavy atom. The van der Waals surface area contributed by atoms with Crippen molar-refractivity contribution in [3.8, 4) is 11.5 Å². The Hall–Kier alpha value is -2.54. The summed E-state index contributed by atoms with van der Waals surface area (Å²) in [6, 6.07) is 13.2. The molecular formula is C24H29BrN2O4. The van der Waals surface area contributed by atoms with Crippen molar-refractivity contribution in [1.82, 2.24) is 10.2 Å². The summed E-state index contributed by atoms with van der Waals surface area (Å²) in [4.78, 5) is 26.9. The van der Waals surface area contributed by atoms with E-state index in [1.165, 1.54) is 0 Å². The number of benzene rings is 2. The van der Waals surface area contributed by atoms with Crippen molar-refractivity contribution in [2.24, 2.45) is 0 Å². The van der Waals surface area contributed by atoms with Gasteiger partial charge < -0.3 is 19.7 Å². The Labute approximate surface area is 192 Å². The zero-order valence-electron chi connectivity index (χ0n) is 18.0. The van der Waals surface area contributed by atoms with Crippen LogP contribution in [0.4, 0.5) is 0 Å². The summed E-state index contributed by atoms with van der Waals surface area (Å²) in [5, 5.41) is 3.12. The summed E-state index contributed by atoms with van der Waals surface area (Å²) >= 11 is 3.47. The molecule has 6 nitrogen and oxygen atoms in total. The van der Waals surface area contributed by atoms with Crippen LogP contribution in [0.25, 0.3) is 0 Å². The third-order valence-electron chi connectivity index (χ3n) is 5.42. The lowest BCUT2D eigenvalue weighted by Gasteiger charge is -2.32. The number of likely N-dealkylation sites (tertiary alicyclic amines) is 1. The number of hydrogen-bond donors (Lipinski definition) is 1. The zero-order valence-corrected chi connectivity index (χ0v) is 19.6. The minimum Gasteiger partial charge on any atom is -0.496 e. The van der Waals surface area contributed by atoms with E-state index < -0.39 is 0 Å². The number of halogens is 1. The molecule has 0 aromatic heterocycles. The number of carbonyl (C=O) groups is 2. The summed E-state index contributed by atoms with van der Waals surface area (Å²) in [5.41, 5.74) is 1.75. The van der Waals surface area contributed by atoms with Crippen molar-refractivity contribution >= 4 is 27.7 Å². The van der Waals surface area contributed by atoms with Crippen molar-refractivity contribution in [2.75, 3.05) is 26.8 Å². The second kappa shape index (κ2) is 11.2. The SMILES string of the molecule is CCOc1ccc(C(=O)N2CCC(NC(=O)CCc3ccc(OC)c(Br)c3)CC2)cc1. The first kappa shape index (κ1) is 23.1. The highest BCUT2D eigenvalue weighted by Gasteiger charge is 2.24. The molecule has 1 saturated heterocycles. The number of amides is 2. The van der Waals surface area contributed by atoms with Crippen molar-refractivity contribution in [3.05, 3.63) is 58.1 Å². The largest absolute Gasteiger partial charge is 0.496 e. The molecule has 0 aliphatic carbocycles. The first-order valence-electron chi connectivity index (χ1n) is 10.6. The molecule has 0 bridgehead atoms. The number of ether oxygens (including phenoxy) is 2. The molecule has 0 unspecified atom stereocenters. The van der Waals surface area contributed by atoms with Crippen molar-refractivity contribution in [2.45, 2.75) is 38.6 Å². The van der Waals surface area contributed by atoms with Gasteiger partial charge in [0.1, 0.15) is 11.5 Å². The summed E-state index contributed by atoms with van der Waals surface area (Å²) < 4.78 is 11.5. The van der Waals surface area contributed by atoms with Crippen LogP contribution >= 0.6 is 15.9 Å². The number of piperidine rings is 1. The number of hydrogen-bond acceptors (Lipinski definition) is 4. The van der Waals surface area contributed by atoms with Crippen LogP contribution in [-0.4, -0.2) is 49.6 Å². The molecule has 0 saturated carbocycles. The number of methoxy groups -OCH3 is 1. The van der Waals surface area contributed by atoms with E-state index in [-0.39, 0.29) is 17.9 Å². The zero-order chi connectivity index (χ0) is 22.2. The molecule has 1 aliphatic heterocycles. The lowest BCUT2D eigenvalue weighted by atomic mass is 10.0. The van der Waals surface area contributed by atoms with Gasteiger partial charge in [-0.15, -0.1) is 0 Å². The topological polar surface area (TPSA) is 67.9 Å². The Bertz CT molecular complexity index is 893. The van der Waals surface area contributed by atoms with E-state index in [9.17, 15) is 9.59 Å². The van der Waals surface area contributed by atoms with E-state index in [2.05, 4.69) is 21.2 Å². The van der Waals surface area contributed by atoms with Gasteiger partial charge in [-0.2, -0.15) is 0 Å². The number of aryl methyl sites for hydroxylation is 1. The van der Waals surface area contributed by atoms with Gasteiger partial charge in [-0.05, 0) is 84.1 Å².